The molecule has 1 rings (SSSR count). The van der Waals surface area contributed by atoms with E-state index in [9.17, 15) is 5.11 Å². The Kier molecular flexibility index (Phi) is 5.86. The zero-order chi connectivity index (χ0) is 12.8. The molecular formula is C14H22O2S. The van der Waals surface area contributed by atoms with Crippen molar-refractivity contribution in [2.75, 3.05) is 12.9 Å². The van der Waals surface area contributed by atoms with Gasteiger partial charge < -0.3 is 9.84 Å². The fourth-order valence-electron chi connectivity index (χ4n) is 1.59. The van der Waals surface area contributed by atoms with Gasteiger partial charge in [0.15, 0.2) is 0 Å². The maximum Gasteiger partial charge on any atom is 0.125 e. The SMILES string of the molecule is CCC(C)CSc1cccc(OC)c1[C@@H](C)O. The van der Waals surface area contributed by atoms with Crippen molar-refractivity contribution >= 4 is 11.8 Å². The number of thioether (sulfide) groups is 1. The third kappa shape index (κ3) is 3.93. The van der Waals surface area contributed by atoms with Crippen molar-refractivity contribution in [3.05, 3.63) is 23.8 Å². The molecule has 1 aromatic rings. The number of aliphatic hydroxyl groups excluding tert-OH is 1. The monoisotopic (exact) mass is 254 g/mol. The third-order valence-corrected chi connectivity index (χ3v) is 4.29. The van der Waals surface area contributed by atoms with Gasteiger partial charge in [-0.2, -0.15) is 0 Å². The Labute approximate surface area is 108 Å². The number of ether oxygens (including phenoxy) is 1. The van der Waals surface area contributed by atoms with Crippen molar-refractivity contribution < 1.29 is 9.84 Å². The van der Waals surface area contributed by atoms with Crippen molar-refractivity contribution in [3.8, 4) is 5.75 Å². The van der Waals surface area contributed by atoms with Crippen LogP contribution in [0, 0.1) is 5.92 Å². The topological polar surface area (TPSA) is 29.5 Å². The lowest BCUT2D eigenvalue weighted by Gasteiger charge is -2.16. The molecule has 1 unspecified atom stereocenters. The summed E-state index contributed by atoms with van der Waals surface area (Å²) in [4.78, 5) is 1.12. The minimum atomic E-state index is -0.495. The van der Waals surface area contributed by atoms with E-state index in [4.69, 9.17) is 4.74 Å². The summed E-state index contributed by atoms with van der Waals surface area (Å²) >= 11 is 1.80. The summed E-state index contributed by atoms with van der Waals surface area (Å²) in [7, 11) is 1.64. The smallest absolute Gasteiger partial charge is 0.125 e. The Balaban J connectivity index is 2.90. The molecule has 0 spiro atoms. The van der Waals surface area contributed by atoms with Crippen molar-refractivity contribution in [1.82, 2.24) is 0 Å². The summed E-state index contributed by atoms with van der Waals surface area (Å²) in [6.07, 6.45) is 0.687. The fourth-order valence-corrected chi connectivity index (χ4v) is 2.89. The van der Waals surface area contributed by atoms with Crippen molar-refractivity contribution in [2.45, 2.75) is 38.2 Å². The van der Waals surface area contributed by atoms with Crippen molar-refractivity contribution in [2.24, 2.45) is 5.92 Å². The van der Waals surface area contributed by atoms with E-state index in [0.717, 1.165) is 22.0 Å². The summed E-state index contributed by atoms with van der Waals surface area (Å²) in [5, 5.41) is 9.85. The Morgan fingerprint density at radius 2 is 2.06 bits per heavy atom. The van der Waals surface area contributed by atoms with Gasteiger partial charge in [0.05, 0.1) is 13.2 Å². The molecule has 0 aliphatic carbocycles. The number of hydrogen-bond donors (Lipinski definition) is 1. The first-order chi connectivity index (χ1) is 8.10. The normalized spacial score (nSPS) is 14.4. The minimum Gasteiger partial charge on any atom is -0.496 e. The summed E-state index contributed by atoms with van der Waals surface area (Å²) in [5.74, 6) is 2.53. The molecule has 0 aliphatic rings. The van der Waals surface area contributed by atoms with Gasteiger partial charge in [-0.05, 0) is 25.0 Å². The van der Waals surface area contributed by atoms with Crippen LogP contribution in [0.15, 0.2) is 23.1 Å². The zero-order valence-electron chi connectivity index (χ0n) is 11.1. The van der Waals surface area contributed by atoms with Gasteiger partial charge in [0.2, 0.25) is 0 Å². The molecule has 0 radical (unpaired) electrons. The standard InChI is InChI=1S/C14H22O2S/c1-5-10(2)9-17-13-8-6-7-12(16-4)14(13)11(3)15/h6-8,10-11,15H,5,9H2,1-4H3/t10?,11-/m1/s1. The molecule has 96 valence electrons. The number of rotatable bonds is 6. The average molecular weight is 254 g/mol. The molecule has 0 amide bonds. The highest BCUT2D eigenvalue weighted by Gasteiger charge is 2.14. The zero-order valence-corrected chi connectivity index (χ0v) is 11.9. The van der Waals surface area contributed by atoms with E-state index in [2.05, 4.69) is 19.9 Å². The largest absolute Gasteiger partial charge is 0.496 e. The van der Waals surface area contributed by atoms with Gasteiger partial charge in [0.25, 0.3) is 0 Å². The molecule has 1 aromatic carbocycles. The van der Waals surface area contributed by atoms with Crippen LogP contribution in [0.5, 0.6) is 5.75 Å². The highest BCUT2D eigenvalue weighted by molar-refractivity contribution is 7.99. The Hall–Kier alpha value is -0.670. The number of benzene rings is 1. The van der Waals surface area contributed by atoms with Gasteiger partial charge in [-0.25, -0.2) is 0 Å². The lowest BCUT2D eigenvalue weighted by atomic mass is 10.1. The summed E-state index contributed by atoms with van der Waals surface area (Å²) < 4.78 is 5.31. The second kappa shape index (κ2) is 6.92. The van der Waals surface area contributed by atoms with Gasteiger partial charge >= 0.3 is 0 Å². The molecule has 0 saturated heterocycles. The maximum atomic E-state index is 9.85. The van der Waals surface area contributed by atoms with Crippen molar-refractivity contribution in [1.29, 1.82) is 0 Å². The van der Waals surface area contributed by atoms with Crippen LogP contribution in [0.3, 0.4) is 0 Å². The van der Waals surface area contributed by atoms with Gasteiger partial charge in [-0.15, -0.1) is 11.8 Å². The summed E-state index contributed by atoms with van der Waals surface area (Å²) in [6, 6.07) is 5.93. The number of aliphatic hydroxyl groups is 1. The van der Waals surface area contributed by atoms with Gasteiger partial charge in [-0.3, -0.25) is 0 Å². The molecule has 1 N–H and O–H groups in total. The Morgan fingerprint density at radius 1 is 1.35 bits per heavy atom. The molecule has 0 heterocycles. The van der Waals surface area contributed by atoms with Crippen LogP contribution in [-0.4, -0.2) is 18.0 Å². The van der Waals surface area contributed by atoms with Gasteiger partial charge in [-0.1, -0.05) is 26.3 Å². The predicted molar refractivity (Wildman–Crippen MR) is 73.8 cm³/mol. The molecule has 0 saturated carbocycles. The molecule has 0 aromatic heterocycles. The molecule has 0 bridgehead atoms. The van der Waals surface area contributed by atoms with E-state index < -0.39 is 6.10 Å². The van der Waals surface area contributed by atoms with E-state index in [-0.39, 0.29) is 0 Å². The van der Waals surface area contributed by atoms with Crippen LogP contribution in [-0.2, 0) is 0 Å². The minimum absolute atomic E-state index is 0.495. The molecule has 0 aliphatic heterocycles. The van der Waals surface area contributed by atoms with Crippen LogP contribution in [0.4, 0.5) is 0 Å². The van der Waals surface area contributed by atoms with E-state index in [0.29, 0.717) is 5.92 Å². The van der Waals surface area contributed by atoms with Gasteiger partial charge in [0, 0.05) is 16.2 Å². The maximum absolute atomic E-state index is 9.85. The first-order valence-electron chi connectivity index (χ1n) is 6.07. The molecule has 17 heavy (non-hydrogen) atoms. The number of hydrogen-bond acceptors (Lipinski definition) is 3. The van der Waals surface area contributed by atoms with Crippen molar-refractivity contribution in [3.63, 3.8) is 0 Å². The first kappa shape index (κ1) is 14.4. The van der Waals surface area contributed by atoms with Crippen LogP contribution < -0.4 is 4.74 Å². The Bertz CT molecular complexity index is 350. The van der Waals surface area contributed by atoms with E-state index in [1.807, 2.05) is 12.1 Å². The highest BCUT2D eigenvalue weighted by atomic mass is 32.2. The molecule has 3 heteroatoms. The van der Waals surface area contributed by atoms with Crippen LogP contribution in [0.25, 0.3) is 0 Å². The lowest BCUT2D eigenvalue weighted by molar-refractivity contribution is 0.191. The fraction of sp³-hybridized carbons (Fsp3) is 0.571. The number of methoxy groups -OCH3 is 1. The van der Waals surface area contributed by atoms with E-state index in [1.165, 1.54) is 6.42 Å². The van der Waals surface area contributed by atoms with Gasteiger partial charge in [0.1, 0.15) is 5.75 Å². The first-order valence-corrected chi connectivity index (χ1v) is 7.06. The van der Waals surface area contributed by atoms with E-state index >= 15 is 0 Å². The van der Waals surface area contributed by atoms with Crippen LogP contribution in [0.2, 0.25) is 0 Å². The second-order valence-electron chi connectivity index (χ2n) is 4.37. The molecule has 0 fully saturated rings. The Morgan fingerprint density at radius 3 is 2.59 bits per heavy atom. The second-order valence-corrected chi connectivity index (χ2v) is 5.43. The predicted octanol–water partition coefficient (Wildman–Crippen LogP) is 3.89. The quantitative estimate of drug-likeness (QED) is 0.781. The summed E-state index contributed by atoms with van der Waals surface area (Å²) in [5.41, 5.74) is 0.906. The van der Waals surface area contributed by atoms with E-state index in [1.54, 1.807) is 25.8 Å². The molecular weight excluding hydrogens is 232 g/mol. The lowest BCUT2D eigenvalue weighted by Crippen LogP contribution is -2.01. The summed E-state index contributed by atoms with van der Waals surface area (Å²) in [6.45, 7) is 6.23. The van der Waals surface area contributed by atoms with Crippen LogP contribution in [0.1, 0.15) is 38.9 Å². The molecule has 2 nitrogen and oxygen atoms in total. The average Bonchev–Trinajstić information content (AvgIpc) is 2.34. The molecule has 2 atom stereocenters. The third-order valence-electron chi connectivity index (χ3n) is 2.88. The van der Waals surface area contributed by atoms with Crippen LogP contribution >= 0.6 is 11.8 Å². The highest BCUT2D eigenvalue weighted by Crippen LogP contribution is 2.35.